The Morgan fingerprint density at radius 2 is 1.86 bits per heavy atom. The van der Waals surface area contributed by atoms with E-state index in [1.807, 2.05) is 13.8 Å². The standard InChI is InChI=1S/C26H35N3O5S/c1-18-14-29(19(2)17-30)26(31)22-10-7-11-23(27-35(32,33)21-8-5-4-6-9-21)25(22)34-24(18)16-28(3)15-20-12-13-20/h4-11,18-20,24,27,30H,12-17H2,1-3H3/t18-,19-,24+/m0/s1. The van der Waals surface area contributed by atoms with E-state index < -0.39 is 10.0 Å². The predicted molar refractivity (Wildman–Crippen MR) is 135 cm³/mol. The average Bonchev–Trinajstić information content (AvgIpc) is 3.65. The first-order chi connectivity index (χ1) is 16.7. The van der Waals surface area contributed by atoms with Crippen LogP contribution in [0.15, 0.2) is 53.4 Å². The number of para-hydroxylation sites is 1. The number of aliphatic hydroxyl groups is 1. The maximum absolute atomic E-state index is 13.6. The van der Waals surface area contributed by atoms with Crippen molar-refractivity contribution in [3.63, 3.8) is 0 Å². The van der Waals surface area contributed by atoms with E-state index >= 15 is 0 Å². The molecule has 2 aliphatic rings. The number of likely N-dealkylation sites (N-methyl/N-ethyl adjacent to an activating group) is 1. The van der Waals surface area contributed by atoms with Gasteiger partial charge in [-0.05, 0) is 57.0 Å². The summed E-state index contributed by atoms with van der Waals surface area (Å²) in [6.07, 6.45) is 2.22. The van der Waals surface area contributed by atoms with Gasteiger partial charge in [-0.2, -0.15) is 0 Å². The van der Waals surface area contributed by atoms with Gasteiger partial charge in [-0.3, -0.25) is 9.52 Å². The lowest BCUT2D eigenvalue weighted by atomic mass is 9.99. The minimum Gasteiger partial charge on any atom is -0.486 e. The number of aliphatic hydroxyl groups excluding tert-OH is 1. The van der Waals surface area contributed by atoms with Crippen molar-refractivity contribution in [3.8, 4) is 5.75 Å². The Labute approximate surface area is 207 Å². The summed E-state index contributed by atoms with van der Waals surface area (Å²) >= 11 is 0. The normalized spacial score (nSPS) is 21.6. The number of anilines is 1. The minimum atomic E-state index is -3.89. The van der Waals surface area contributed by atoms with E-state index in [0.717, 1.165) is 12.5 Å². The molecular formula is C26H35N3O5S. The molecule has 3 atom stereocenters. The summed E-state index contributed by atoms with van der Waals surface area (Å²) in [6, 6.07) is 12.6. The van der Waals surface area contributed by atoms with Gasteiger partial charge in [-0.15, -0.1) is 0 Å². The van der Waals surface area contributed by atoms with Gasteiger partial charge in [0.25, 0.3) is 15.9 Å². The van der Waals surface area contributed by atoms with Gasteiger partial charge in [0.15, 0.2) is 5.75 Å². The fourth-order valence-electron chi connectivity index (χ4n) is 4.47. The smallest absolute Gasteiger partial charge is 0.262 e. The Hall–Kier alpha value is -2.62. The number of carbonyl (C=O) groups is 1. The molecule has 2 aromatic carbocycles. The number of nitrogens with one attached hydrogen (secondary N) is 1. The largest absolute Gasteiger partial charge is 0.486 e. The second-order valence-electron chi connectivity index (χ2n) is 9.89. The SMILES string of the molecule is C[C@H]1CN([C@@H](C)CO)C(=O)c2cccc(NS(=O)(=O)c3ccccc3)c2O[C@@H]1CN(C)CC1CC1. The quantitative estimate of drug-likeness (QED) is 0.548. The number of hydrogen-bond acceptors (Lipinski definition) is 6. The molecule has 1 aliphatic carbocycles. The molecule has 190 valence electrons. The molecule has 35 heavy (non-hydrogen) atoms. The molecule has 1 amide bonds. The van der Waals surface area contributed by atoms with Crippen LogP contribution in [0.2, 0.25) is 0 Å². The number of hydrogen-bond donors (Lipinski definition) is 2. The Bertz CT molecular complexity index is 1140. The number of benzene rings is 2. The Kier molecular flexibility index (Phi) is 7.68. The van der Waals surface area contributed by atoms with E-state index in [2.05, 4.69) is 16.7 Å². The monoisotopic (exact) mass is 501 g/mol. The zero-order chi connectivity index (χ0) is 25.2. The molecule has 0 unspecified atom stereocenters. The van der Waals surface area contributed by atoms with Crippen LogP contribution < -0.4 is 9.46 Å². The molecule has 9 heteroatoms. The number of amides is 1. The molecule has 1 aliphatic heterocycles. The Balaban J connectivity index is 1.72. The zero-order valence-electron chi connectivity index (χ0n) is 20.6. The Morgan fingerprint density at radius 1 is 1.14 bits per heavy atom. The molecule has 2 aromatic rings. The third kappa shape index (κ3) is 5.97. The highest BCUT2D eigenvalue weighted by Crippen LogP contribution is 2.36. The van der Waals surface area contributed by atoms with Crippen molar-refractivity contribution in [3.05, 3.63) is 54.1 Å². The van der Waals surface area contributed by atoms with Crippen LogP contribution in [0.5, 0.6) is 5.75 Å². The number of fused-ring (bicyclic) bond motifs is 1. The number of rotatable bonds is 9. The lowest BCUT2D eigenvalue weighted by Gasteiger charge is -2.38. The van der Waals surface area contributed by atoms with E-state index in [-0.39, 0.29) is 52.5 Å². The van der Waals surface area contributed by atoms with E-state index in [1.165, 1.54) is 25.0 Å². The van der Waals surface area contributed by atoms with E-state index in [4.69, 9.17) is 4.74 Å². The summed E-state index contributed by atoms with van der Waals surface area (Å²) in [6.45, 7) is 5.73. The van der Waals surface area contributed by atoms with Crippen molar-refractivity contribution in [1.82, 2.24) is 9.80 Å². The highest BCUT2D eigenvalue weighted by molar-refractivity contribution is 7.92. The average molecular weight is 502 g/mol. The number of ether oxygens (including phenoxy) is 1. The minimum absolute atomic E-state index is 0.0402. The molecule has 8 nitrogen and oxygen atoms in total. The summed E-state index contributed by atoms with van der Waals surface area (Å²) < 4.78 is 35.3. The third-order valence-corrected chi connectivity index (χ3v) is 8.13. The summed E-state index contributed by atoms with van der Waals surface area (Å²) in [4.78, 5) is 17.6. The van der Waals surface area contributed by atoms with Crippen molar-refractivity contribution in [2.24, 2.45) is 11.8 Å². The molecular weight excluding hydrogens is 466 g/mol. The molecule has 1 heterocycles. The lowest BCUT2D eigenvalue weighted by molar-refractivity contribution is 0.0346. The van der Waals surface area contributed by atoms with Crippen LogP contribution >= 0.6 is 0 Å². The molecule has 0 aromatic heterocycles. The molecule has 4 rings (SSSR count). The van der Waals surface area contributed by atoms with Crippen LogP contribution in [0.25, 0.3) is 0 Å². The Morgan fingerprint density at radius 3 is 2.51 bits per heavy atom. The molecule has 0 saturated heterocycles. The van der Waals surface area contributed by atoms with Crippen molar-refractivity contribution >= 4 is 21.6 Å². The van der Waals surface area contributed by atoms with Crippen molar-refractivity contribution in [2.75, 3.05) is 38.0 Å². The first kappa shape index (κ1) is 25.5. The number of carbonyl (C=O) groups excluding carboxylic acids is 1. The van der Waals surface area contributed by atoms with Crippen LogP contribution in [0, 0.1) is 11.8 Å². The topological polar surface area (TPSA) is 99.2 Å². The first-order valence-electron chi connectivity index (χ1n) is 12.2. The highest BCUT2D eigenvalue weighted by atomic mass is 32.2. The second-order valence-corrected chi connectivity index (χ2v) is 11.6. The van der Waals surface area contributed by atoms with Gasteiger partial charge in [-0.1, -0.05) is 31.2 Å². The highest BCUT2D eigenvalue weighted by Gasteiger charge is 2.35. The fraction of sp³-hybridized carbons (Fsp3) is 0.500. The molecule has 0 spiro atoms. The third-order valence-electron chi connectivity index (χ3n) is 6.75. The maximum Gasteiger partial charge on any atom is 0.262 e. The predicted octanol–water partition coefficient (Wildman–Crippen LogP) is 3.05. The molecule has 0 radical (unpaired) electrons. The van der Waals surface area contributed by atoms with Crippen LogP contribution in [-0.4, -0.2) is 74.7 Å². The molecule has 1 saturated carbocycles. The van der Waals surface area contributed by atoms with Gasteiger partial charge in [-0.25, -0.2) is 8.42 Å². The van der Waals surface area contributed by atoms with Gasteiger partial charge in [0.1, 0.15) is 6.10 Å². The summed E-state index contributed by atoms with van der Waals surface area (Å²) in [5.74, 6) is 0.612. The van der Waals surface area contributed by atoms with E-state index in [1.54, 1.807) is 41.3 Å². The first-order valence-corrected chi connectivity index (χ1v) is 13.7. The van der Waals surface area contributed by atoms with Crippen molar-refractivity contribution in [2.45, 2.75) is 43.7 Å². The summed E-state index contributed by atoms with van der Waals surface area (Å²) in [5, 5.41) is 9.83. The van der Waals surface area contributed by atoms with Crippen LogP contribution in [0.3, 0.4) is 0 Å². The van der Waals surface area contributed by atoms with Crippen LogP contribution in [0.1, 0.15) is 37.0 Å². The lowest BCUT2D eigenvalue weighted by Crippen LogP contribution is -2.50. The van der Waals surface area contributed by atoms with E-state index in [0.29, 0.717) is 13.1 Å². The van der Waals surface area contributed by atoms with Gasteiger partial charge in [0.05, 0.1) is 28.8 Å². The molecule has 2 N–H and O–H groups in total. The van der Waals surface area contributed by atoms with Gasteiger partial charge in [0.2, 0.25) is 0 Å². The summed E-state index contributed by atoms with van der Waals surface area (Å²) in [7, 11) is -1.82. The molecule has 1 fully saturated rings. The molecule has 0 bridgehead atoms. The zero-order valence-corrected chi connectivity index (χ0v) is 21.4. The fourth-order valence-corrected chi connectivity index (χ4v) is 5.55. The van der Waals surface area contributed by atoms with Gasteiger partial charge < -0.3 is 19.6 Å². The maximum atomic E-state index is 13.6. The van der Waals surface area contributed by atoms with Crippen molar-refractivity contribution in [1.29, 1.82) is 0 Å². The van der Waals surface area contributed by atoms with Crippen molar-refractivity contribution < 1.29 is 23.1 Å². The number of sulfonamides is 1. The van der Waals surface area contributed by atoms with Crippen LogP contribution in [0.4, 0.5) is 5.69 Å². The van der Waals surface area contributed by atoms with Gasteiger partial charge in [0, 0.05) is 25.6 Å². The van der Waals surface area contributed by atoms with E-state index in [9.17, 15) is 18.3 Å². The van der Waals surface area contributed by atoms with Crippen LogP contribution in [-0.2, 0) is 10.0 Å². The summed E-state index contributed by atoms with van der Waals surface area (Å²) in [5.41, 5.74) is 0.501. The van der Waals surface area contributed by atoms with Gasteiger partial charge >= 0.3 is 0 Å². The second kappa shape index (κ2) is 10.6. The number of nitrogens with zero attached hydrogens (tertiary/aromatic N) is 2.